The minimum Gasteiger partial charge on any atom is -0.493 e. The van der Waals surface area contributed by atoms with Crippen molar-refractivity contribution in [2.45, 2.75) is 12.5 Å². The molecule has 1 fully saturated rings. The van der Waals surface area contributed by atoms with Gasteiger partial charge in [-0.3, -0.25) is 0 Å². The summed E-state index contributed by atoms with van der Waals surface area (Å²) in [6.07, 6.45) is 4.62. The monoisotopic (exact) mass is 339 g/mol. The van der Waals surface area contributed by atoms with Gasteiger partial charge in [0.05, 0.1) is 19.9 Å². The van der Waals surface area contributed by atoms with Crippen LogP contribution in [0, 0.1) is 0 Å². The van der Waals surface area contributed by atoms with Crippen molar-refractivity contribution < 1.29 is 9.47 Å². The van der Waals surface area contributed by atoms with E-state index >= 15 is 0 Å². The Balaban J connectivity index is 1.77. The van der Waals surface area contributed by atoms with Crippen molar-refractivity contribution in [3.8, 4) is 22.8 Å². The quantitative estimate of drug-likeness (QED) is 0.783. The van der Waals surface area contributed by atoms with E-state index in [9.17, 15) is 0 Å². The average Bonchev–Trinajstić information content (AvgIpc) is 3.26. The number of benzene rings is 1. The van der Waals surface area contributed by atoms with Crippen LogP contribution in [0.3, 0.4) is 0 Å². The highest BCUT2D eigenvalue weighted by Crippen LogP contribution is 2.33. The van der Waals surface area contributed by atoms with Crippen molar-refractivity contribution in [1.82, 2.24) is 14.6 Å². The topological polar surface area (TPSA) is 77.9 Å². The summed E-state index contributed by atoms with van der Waals surface area (Å²) < 4.78 is 12.6. The maximum atomic E-state index is 6.04. The number of fused-ring (bicyclic) bond motifs is 1. The summed E-state index contributed by atoms with van der Waals surface area (Å²) in [6.45, 7) is 1.74. The van der Waals surface area contributed by atoms with Crippen LogP contribution in [-0.2, 0) is 0 Å². The molecule has 1 unspecified atom stereocenters. The molecule has 0 spiro atoms. The molecule has 25 heavy (non-hydrogen) atoms. The highest BCUT2D eigenvalue weighted by atomic mass is 16.5. The molecule has 3 heterocycles. The first-order chi connectivity index (χ1) is 12.2. The Morgan fingerprint density at radius 2 is 2.00 bits per heavy atom. The Labute approximate surface area is 146 Å². The molecule has 0 saturated carbocycles. The van der Waals surface area contributed by atoms with E-state index in [1.807, 2.05) is 35.0 Å². The first-order valence-electron chi connectivity index (χ1n) is 8.27. The van der Waals surface area contributed by atoms with E-state index in [1.165, 1.54) is 0 Å². The molecule has 1 atom stereocenters. The minimum absolute atomic E-state index is 0.204. The number of nitrogens with zero attached hydrogens (tertiary/aromatic N) is 4. The SMILES string of the molecule is COc1ccc(-c2cc3c(N4CCC(N)C4)nccn3n2)cc1OC. The van der Waals surface area contributed by atoms with E-state index < -0.39 is 0 Å². The number of hydrogen-bond donors (Lipinski definition) is 1. The van der Waals surface area contributed by atoms with Gasteiger partial charge in [0.15, 0.2) is 17.3 Å². The predicted molar refractivity (Wildman–Crippen MR) is 96.3 cm³/mol. The molecule has 7 heteroatoms. The third-order valence-corrected chi connectivity index (χ3v) is 4.57. The Bertz CT molecular complexity index is 908. The van der Waals surface area contributed by atoms with E-state index in [0.29, 0.717) is 11.5 Å². The number of methoxy groups -OCH3 is 2. The van der Waals surface area contributed by atoms with Crippen LogP contribution < -0.4 is 20.1 Å². The van der Waals surface area contributed by atoms with Crippen LogP contribution in [-0.4, -0.2) is 47.9 Å². The largest absolute Gasteiger partial charge is 0.493 e. The Hall–Kier alpha value is -2.80. The molecule has 4 rings (SSSR count). The molecule has 0 radical (unpaired) electrons. The second-order valence-electron chi connectivity index (χ2n) is 6.17. The molecular weight excluding hydrogens is 318 g/mol. The lowest BCUT2D eigenvalue weighted by Gasteiger charge is -2.17. The van der Waals surface area contributed by atoms with Crippen molar-refractivity contribution >= 4 is 11.3 Å². The van der Waals surface area contributed by atoms with Crippen molar-refractivity contribution in [3.63, 3.8) is 0 Å². The van der Waals surface area contributed by atoms with E-state index in [0.717, 1.165) is 42.1 Å². The third kappa shape index (κ3) is 2.76. The second kappa shape index (κ2) is 6.25. The van der Waals surface area contributed by atoms with Gasteiger partial charge in [-0.25, -0.2) is 9.50 Å². The maximum absolute atomic E-state index is 6.04. The summed E-state index contributed by atoms with van der Waals surface area (Å²) in [5, 5.41) is 4.69. The van der Waals surface area contributed by atoms with Crippen LogP contribution in [0.15, 0.2) is 36.7 Å². The van der Waals surface area contributed by atoms with Gasteiger partial charge in [-0.1, -0.05) is 0 Å². The van der Waals surface area contributed by atoms with Crippen molar-refractivity contribution in [3.05, 3.63) is 36.7 Å². The van der Waals surface area contributed by atoms with Crippen LogP contribution in [0.2, 0.25) is 0 Å². The molecule has 130 valence electrons. The summed E-state index contributed by atoms with van der Waals surface area (Å²) in [6, 6.07) is 8.04. The van der Waals surface area contributed by atoms with Gasteiger partial charge in [0.25, 0.3) is 0 Å². The van der Waals surface area contributed by atoms with Gasteiger partial charge in [-0.15, -0.1) is 0 Å². The van der Waals surface area contributed by atoms with Crippen LogP contribution >= 0.6 is 0 Å². The number of hydrogen-bond acceptors (Lipinski definition) is 6. The number of ether oxygens (including phenoxy) is 2. The van der Waals surface area contributed by atoms with Crippen molar-refractivity contribution in [2.24, 2.45) is 5.73 Å². The lowest BCUT2D eigenvalue weighted by molar-refractivity contribution is 0.355. The minimum atomic E-state index is 0.204. The third-order valence-electron chi connectivity index (χ3n) is 4.57. The highest BCUT2D eigenvalue weighted by molar-refractivity contribution is 5.76. The molecule has 2 aromatic heterocycles. The first-order valence-corrected chi connectivity index (χ1v) is 8.27. The molecule has 1 saturated heterocycles. The molecule has 2 N–H and O–H groups in total. The lowest BCUT2D eigenvalue weighted by atomic mass is 10.1. The van der Waals surface area contributed by atoms with Crippen LogP contribution in [0.4, 0.5) is 5.82 Å². The zero-order valence-electron chi connectivity index (χ0n) is 14.3. The number of nitrogens with two attached hydrogens (primary N) is 1. The van der Waals surface area contributed by atoms with Crippen LogP contribution in [0.5, 0.6) is 11.5 Å². The molecule has 1 aliphatic rings. The molecular formula is C18H21N5O2. The molecule has 1 aromatic carbocycles. The molecule has 0 amide bonds. The fourth-order valence-electron chi connectivity index (χ4n) is 3.27. The normalized spacial score (nSPS) is 17.2. The van der Waals surface area contributed by atoms with E-state index in [4.69, 9.17) is 15.2 Å². The Kier molecular flexibility index (Phi) is 3.93. The van der Waals surface area contributed by atoms with E-state index in [2.05, 4.69) is 15.0 Å². The molecule has 3 aromatic rings. The van der Waals surface area contributed by atoms with Gasteiger partial charge in [0, 0.05) is 37.1 Å². The van der Waals surface area contributed by atoms with Gasteiger partial charge >= 0.3 is 0 Å². The second-order valence-corrected chi connectivity index (χ2v) is 6.17. The number of aromatic nitrogens is 3. The smallest absolute Gasteiger partial charge is 0.161 e. The first kappa shape index (κ1) is 15.7. The highest BCUT2D eigenvalue weighted by Gasteiger charge is 2.23. The zero-order valence-corrected chi connectivity index (χ0v) is 14.3. The molecule has 1 aliphatic heterocycles. The van der Waals surface area contributed by atoms with Crippen LogP contribution in [0.25, 0.3) is 16.8 Å². The van der Waals surface area contributed by atoms with Gasteiger partial charge in [-0.2, -0.15) is 5.10 Å². The fraction of sp³-hybridized carbons (Fsp3) is 0.333. The standard InChI is InChI=1S/C18H21N5O2/c1-24-16-4-3-12(9-17(16)25-2)14-10-15-18(20-6-8-23(15)21-14)22-7-5-13(19)11-22/h3-4,6,8-10,13H,5,7,11,19H2,1-2H3. The van der Waals surface area contributed by atoms with Crippen molar-refractivity contribution in [1.29, 1.82) is 0 Å². The van der Waals surface area contributed by atoms with Gasteiger partial charge in [0.2, 0.25) is 0 Å². The van der Waals surface area contributed by atoms with E-state index in [-0.39, 0.29) is 6.04 Å². The van der Waals surface area contributed by atoms with Crippen molar-refractivity contribution in [2.75, 3.05) is 32.2 Å². The summed E-state index contributed by atoms with van der Waals surface area (Å²) >= 11 is 0. The summed E-state index contributed by atoms with van der Waals surface area (Å²) in [5.74, 6) is 2.30. The summed E-state index contributed by atoms with van der Waals surface area (Å²) in [4.78, 5) is 6.78. The van der Waals surface area contributed by atoms with Gasteiger partial charge in [0.1, 0.15) is 5.52 Å². The Morgan fingerprint density at radius 3 is 2.72 bits per heavy atom. The van der Waals surface area contributed by atoms with Gasteiger partial charge < -0.3 is 20.1 Å². The van der Waals surface area contributed by atoms with Gasteiger partial charge in [-0.05, 0) is 30.7 Å². The predicted octanol–water partition coefficient (Wildman–Crippen LogP) is 1.95. The molecule has 7 nitrogen and oxygen atoms in total. The maximum Gasteiger partial charge on any atom is 0.161 e. The fourth-order valence-corrected chi connectivity index (χ4v) is 3.27. The van der Waals surface area contributed by atoms with Crippen LogP contribution in [0.1, 0.15) is 6.42 Å². The molecule has 0 aliphatic carbocycles. The summed E-state index contributed by atoms with van der Waals surface area (Å²) in [7, 11) is 3.26. The number of rotatable bonds is 4. The molecule has 0 bridgehead atoms. The van der Waals surface area contributed by atoms with E-state index in [1.54, 1.807) is 20.4 Å². The average molecular weight is 339 g/mol. The Morgan fingerprint density at radius 1 is 1.16 bits per heavy atom. The summed E-state index contributed by atoms with van der Waals surface area (Å²) in [5.41, 5.74) is 8.84. The zero-order chi connectivity index (χ0) is 17.4. The lowest BCUT2D eigenvalue weighted by Crippen LogP contribution is -2.27. The number of anilines is 1.